The summed E-state index contributed by atoms with van der Waals surface area (Å²) in [6.07, 6.45) is 4.08. The number of pyridine rings is 1. The molecular formula is C52H34N2S. The molecule has 0 N–H and O–H groups in total. The van der Waals surface area contributed by atoms with Gasteiger partial charge in [0.2, 0.25) is 0 Å². The zero-order chi connectivity index (χ0) is 36.3. The van der Waals surface area contributed by atoms with E-state index in [1.807, 2.05) is 23.7 Å². The van der Waals surface area contributed by atoms with Gasteiger partial charge in [0, 0.05) is 33.0 Å². The molecule has 0 radical (unpaired) electrons. The third-order valence-corrected chi connectivity index (χ3v) is 12.7. The Balaban J connectivity index is 1.17. The molecule has 8 aromatic carbocycles. The van der Waals surface area contributed by atoms with Crippen LogP contribution in [0.25, 0.3) is 53.2 Å². The van der Waals surface area contributed by atoms with Gasteiger partial charge in [0.15, 0.2) is 0 Å². The van der Waals surface area contributed by atoms with E-state index < -0.39 is 5.41 Å². The number of rotatable bonds is 6. The molecule has 1 aliphatic rings. The van der Waals surface area contributed by atoms with Crippen LogP contribution in [0.3, 0.4) is 0 Å². The summed E-state index contributed by atoms with van der Waals surface area (Å²) in [5.41, 5.74) is 12.8. The lowest BCUT2D eigenvalue weighted by molar-refractivity contribution is 0.768. The molecule has 55 heavy (non-hydrogen) atoms. The lowest BCUT2D eigenvalue weighted by Gasteiger charge is -2.34. The molecule has 10 aromatic rings. The Bertz CT molecular complexity index is 2980. The predicted molar refractivity (Wildman–Crippen MR) is 232 cm³/mol. The van der Waals surface area contributed by atoms with Gasteiger partial charge in [-0.3, -0.25) is 4.98 Å². The summed E-state index contributed by atoms with van der Waals surface area (Å²) in [4.78, 5) is 7.34. The summed E-state index contributed by atoms with van der Waals surface area (Å²) >= 11 is 1.86. The Morgan fingerprint density at radius 2 is 1.04 bits per heavy atom. The fraction of sp³-hybridized carbons (Fsp3) is 0.0192. The third kappa shape index (κ3) is 4.83. The quantitative estimate of drug-likeness (QED) is 0.170. The summed E-state index contributed by atoms with van der Waals surface area (Å²) < 4.78 is 2.51. The molecule has 11 rings (SSSR count). The van der Waals surface area contributed by atoms with Gasteiger partial charge in [-0.05, 0) is 79.5 Å². The van der Waals surface area contributed by atoms with Gasteiger partial charge in [-0.25, -0.2) is 0 Å². The highest BCUT2D eigenvalue weighted by Crippen LogP contribution is 2.57. The molecule has 2 aromatic heterocycles. The number of aromatic nitrogens is 1. The van der Waals surface area contributed by atoms with E-state index in [0.717, 1.165) is 17.1 Å². The van der Waals surface area contributed by atoms with Crippen LogP contribution in [0.2, 0.25) is 0 Å². The Kier molecular flexibility index (Phi) is 7.29. The van der Waals surface area contributed by atoms with E-state index in [2.05, 4.69) is 199 Å². The number of hydrogen-bond donors (Lipinski definition) is 0. The molecule has 0 atom stereocenters. The fourth-order valence-electron chi connectivity index (χ4n) is 9.00. The average Bonchev–Trinajstić information content (AvgIpc) is 3.80. The van der Waals surface area contributed by atoms with Crippen LogP contribution in [0.4, 0.5) is 17.1 Å². The topological polar surface area (TPSA) is 16.1 Å². The zero-order valence-electron chi connectivity index (χ0n) is 29.9. The molecule has 3 heteroatoms. The second-order valence-corrected chi connectivity index (χ2v) is 15.3. The van der Waals surface area contributed by atoms with Crippen molar-refractivity contribution in [3.05, 3.63) is 229 Å². The van der Waals surface area contributed by atoms with Gasteiger partial charge in [0.05, 0.1) is 22.0 Å². The van der Waals surface area contributed by atoms with Gasteiger partial charge >= 0.3 is 0 Å². The van der Waals surface area contributed by atoms with Crippen LogP contribution in [0.5, 0.6) is 0 Å². The fourth-order valence-corrected chi connectivity index (χ4v) is 10.3. The Labute approximate surface area is 324 Å². The molecule has 0 amide bonds. The van der Waals surface area contributed by atoms with Crippen LogP contribution in [0.15, 0.2) is 207 Å². The smallest absolute Gasteiger partial charge is 0.0824 e. The minimum Gasteiger partial charge on any atom is -0.308 e. The van der Waals surface area contributed by atoms with Gasteiger partial charge in [-0.15, -0.1) is 11.3 Å². The summed E-state index contributed by atoms with van der Waals surface area (Å²) in [7, 11) is 0. The maximum atomic E-state index is 4.93. The molecule has 0 spiro atoms. The maximum absolute atomic E-state index is 4.93. The molecule has 0 saturated heterocycles. The molecule has 1 aliphatic carbocycles. The Morgan fingerprint density at radius 1 is 0.418 bits per heavy atom. The van der Waals surface area contributed by atoms with Crippen LogP contribution in [-0.2, 0) is 5.41 Å². The van der Waals surface area contributed by atoms with E-state index in [0.29, 0.717) is 0 Å². The van der Waals surface area contributed by atoms with Gasteiger partial charge in [0.1, 0.15) is 0 Å². The van der Waals surface area contributed by atoms with Crippen molar-refractivity contribution in [2.45, 2.75) is 5.41 Å². The maximum Gasteiger partial charge on any atom is 0.0824 e. The minimum absolute atomic E-state index is 0.455. The number of thiophene rings is 1. The van der Waals surface area contributed by atoms with Gasteiger partial charge < -0.3 is 4.90 Å². The first-order chi connectivity index (χ1) is 27.3. The third-order valence-electron chi connectivity index (χ3n) is 11.4. The van der Waals surface area contributed by atoms with Crippen molar-refractivity contribution in [3.8, 4) is 22.3 Å². The van der Waals surface area contributed by atoms with Crippen molar-refractivity contribution in [3.63, 3.8) is 0 Å². The summed E-state index contributed by atoms with van der Waals surface area (Å²) in [6, 6.07) is 70.9. The van der Waals surface area contributed by atoms with Crippen molar-refractivity contribution in [1.82, 2.24) is 4.98 Å². The Hall–Kier alpha value is -6.81. The highest BCUT2D eigenvalue weighted by Gasteiger charge is 2.46. The lowest BCUT2D eigenvalue weighted by Crippen LogP contribution is -2.28. The molecule has 2 heterocycles. The monoisotopic (exact) mass is 718 g/mol. The second kappa shape index (κ2) is 12.7. The van der Waals surface area contributed by atoms with Gasteiger partial charge in [0.25, 0.3) is 0 Å². The summed E-state index contributed by atoms with van der Waals surface area (Å²) in [5.74, 6) is 0. The van der Waals surface area contributed by atoms with Crippen LogP contribution in [0, 0.1) is 0 Å². The first-order valence-electron chi connectivity index (χ1n) is 18.8. The predicted octanol–water partition coefficient (Wildman–Crippen LogP) is 14.1. The van der Waals surface area contributed by atoms with Gasteiger partial charge in [-0.1, -0.05) is 170 Å². The summed E-state index contributed by atoms with van der Waals surface area (Å²) in [6.45, 7) is 0. The SMILES string of the molecule is c1ccc(-c2ccc(N(c3ccc4c(c3)-c3ccccc3C4(c3ccccc3)c3ccccc3)c3cncc4c3sc3c5ccccc5ccc43)cc2)cc1. The number of anilines is 3. The van der Waals surface area contributed by atoms with Gasteiger partial charge in [-0.2, -0.15) is 0 Å². The molecule has 0 fully saturated rings. The van der Waals surface area contributed by atoms with Crippen LogP contribution < -0.4 is 4.90 Å². The number of nitrogens with zero attached hydrogens (tertiary/aromatic N) is 2. The highest BCUT2D eigenvalue weighted by molar-refractivity contribution is 7.27. The largest absolute Gasteiger partial charge is 0.308 e. The molecule has 0 unspecified atom stereocenters. The van der Waals surface area contributed by atoms with E-state index in [-0.39, 0.29) is 0 Å². The number of hydrogen-bond acceptors (Lipinski definition) is 3. The molecule has 0 aliphatic heterocycles. The summed E-state index contributed by atoms with van der Waals surface area (Å²) in [5, 5.41) is 4.94. The van der Waals surface area contributed by atoms with Crippen LogP contribution in [-0.4, -0.2) is 4.98 Å². The van der Waals surface area contributed by atoms with E-state index in [9.17, 15) is 0 Å². The van der Waals surface area contributed by atoms with Crippen molar-refractivity contribution in [2.75, 3.05) is 4.90 Å². The first kappa shape index (κ1) is 31.7. The van der Waals surface area contributed by atoms with E-state index in [4.69, 9.17) is 4.98 Å². The highest BCUT2D eigenvalue weighted by atomic mass is 32.1. The average molecular weight is 719 g/mol. The first-order valence-corrected chi connectivity index (χ1v) is 19.6. The molecule has 258 valence electrons. The number of fused-ring (bicyclic) bond motifs is 8. The lowest BCUT2D eigenvalue weighted by atomic mass is 9.68. The minimum atomic E-state index is -0.455. The molecular weight excluding hydrogens is 685 g/mol. The normalized spacial score (nSPS) is 12.9. The van der Waals surface area contributed by atoms with E-state index in [1.54, 1.807) is 0 Å². The Morgan fingerprint density at radius 3 is 1.80 bits per heavy atom. The van der Waals surface area contributed by atoms with Crippen molar-refractivity contribution in [1.29, 1.82) is 0 Å². The van der Waals surface area contributed by atoms with E-state index in [1.165, 1.54) is 75.5 Å². The number of benzene rings is 8. The van der Waals surface area contributed by atoms with Crippen molar-refractivity contribution in [2.24, 2.45) is 0 Å². The van der Waals surface area contributed by atoms with E-state index >= 15 is 0 Å². The van der Waals surface area contributed by atoms with Crippen LogP contribution >= 0.6 is 11.3 Å². The molecule has 0 saturated carbocycles. The standard InChI is InChI=1S/C52H34N2S/c1-4-14-35(15-5-1)36-24-27-40(28-25-36)54(49-34-53-33-46-44-30-26-37-16-10-11-21-42(37)50(44)55-51(46)49)41-29-31-48-45(32-41)43-22-12-13-23-47(43)52(48,38-17-6-2-7-18-38)39-19-8-3-9-20-39/h1-34H. The second-order valence-electron chi connectivity index (χ2n) is 14.3. The molecule has 2 nitrogen and oxygen atoms in total. The molecule has 0 bridgehead atoms. The van der Waals surface area contributed by atoms with Crippen molar-refractivity contribution >= 4 is 59.3 Å². The van der Waals surface area contributed by atoms with Crippen LogP contribution in [0.1, 0.15) is 22.3 Å². The van der Waals surface area contributed by atoms with Crippen molar-refractivity contribution < 1.29 is 0 Å². The zero-order valence-corrected chi connectivity index (χ0v) is 30.7.